The van der Waals surface area contributed by atoms with E-state index in [1.807, 2.05) is 6.92 Å². The number of rotatable bonds is 2. The first-order valence-corrected chi connectivity index (χ1v) is 6.23. The second-order valence-electron chi connectivity index (χ2n) is 4.14. The first kappa shape index (κ1) is 14.0. The molecule has 0 aliphatic carbocycles. The van der Waals surface area contributed by atoms with Gasteiger partial charge in [-0.1, -0.05) is 23.7 Å². The summed E-state index contributed by atoms with van der Waals surface area (Å²) in [4.78, 5) is 27.4. The van der Waals surface area contributed by atoms with Gasteiger partial charge >= 0.3 is 11.8 Å². The molecule has 0 saturated carbocycles. The molecule has 1 aromatic carbocycles. The van der Waals surface area contributed by atoms with E-state index in [0.717, 1.165) is 5.56 Å². The molecule has 0 spiro atoms. The number of aromatic nitrogens is 1. The monoisotopic (exact) mass is 289 g/mol. The number of aryl methyl sites for hydroxylation is 1. The van der Waals surface area contributed by atoms with Crippen LogP contribution in [0, 0.1) is 6.92 Å². The molecule has 20 heavy (non-hydrogen) atoms. The molecule has 0 aliphatic heterocycles. The lowest BCUT2D eigenvalue weighted by atomic mass is 10.3. The average molecular weight is 290 g/mol. The van der Waals surface area contributed by atoms with E-state index in [9.17, 15) is 9.59 Å². The number of halogens is 1. The van der Waals surface area contributed by atoms with E-state index >= 15 is 0 Å². The van der Waals surface area contributed by atoms with Crippen LogP contribution in [0.4, 0.5) is 11.5 Å². The second-order valence-corrected chi connectivity index (χ2v) is 4.58. The van der Waals surface area contributed by atoms with Crippen molar-refractivity contribution < 1.29 is 9.59 Å². The molecule has 6 heteroatoms. The number of benzene rings is 1. The van der Waals surface area contributed by atoms with Crippen LogP contribution in [-0.4, -0.2) is 16.8 Å². The van der Waals surface area contributed by atoms with Crippen molar-refractivity contribution in [2.24, 2.45) is 0 Å². The minimum atomic E-state index is -0.790. The van der Waals surface area contributed by atoms with Crippen LogP contribution < -0.4 is 10.6 Å². The molecular weight excluding hydrogens is 278 g/mol. The quantitative estimate of drug-likeness (QED) is 0.835. The van der Waals surface area contributed by atoms with Crippen LogP contribution in [0.2, 0.25) is 5.02 Å². The Labute approximate surface area is 121 Å². The number of hydrogen-bond acceptors (Lipinski definition) is 3. The van der Waals surface area contributed by atoms with Gasteiger partial charge in [0.2, 0.25) is 0 Å². The van der Waals surface area contributed by atoms with Crippen LogP contribution in [-0.2, 0) is 9.59 Å². The van der Waals surface area contributed by atoms with Gasteiger partial charge in [-0.3, -0.25) is 9.59 Å². The van der Waals surface area contributed by atoms with E-state index in [2.05, 4.69) is 15.6 Å². The number of anilines is 2. The third-order valence-corrected chi connectivity index (χ3v) is 2.68. The van der Waals surface area contributed by atoms with Crippen LogP contribution >= 0.6 is 11.6 Å². The van der Waals surface area contributed by atoms with Gasteiger partial charge in [-0.2, -0.15) is 0 Å². The van der Waals surface area contributed by atoms with E-state index in [1.165, 1.54) is 0 Å². The van der Waals surface area contributed by atoms with Gasteiger partial charge in [0.25, 0.3) is 0 Å². The van der Waals surface area contributed by atoms with Crippen LogP contribution in [0.25, 0.3) is 0 Å². The highest BCUT2D eigenvalue weighted by Gasteiger charge is 2.14. The summed E-state index contributed by atoms with van der Waals surface area (Å²) in [5.41, 5.74) is 1.42. The Kier molecular flexibility index (Phi) is 4.32. The molecule has 1 heterocycles. The molecule has 0 atom stereocenters. The maximum absolute atomic E-state index is 11.7. The Bertz CT molecular complexity index is 641. The van der Waals surface area contributed by atoms with Crippen molar-refractivity contribution in [2.75, 3.05) is 10.6 Å². The highest BCUT2D eigenvalue weighted by Crippen LogP contribution is 2.14. The van der Waals surface area contributed by atoms with E-state index in [0.29, 0.717) is 16.5 Å². The molecule has 2 aromatic rings. The van der Waals surface area contributed by atoms with E-state index in [4.69, 9.17) is 11.6 Å². The lowest BCUT2D eigenvalue weighted by Gasteiger charge is -2.06. The van der Waals surface area contributed by atoms with Crippen LogP contribution in [0.1, 0.15) is 5.56 Å². The van der Waals surface area contributed by atoms with Crippen molar-refractivity contribution in [2.45, 2.75) is 6.92 Å². The first-order chi connectivity index (χ1) is 9.54. The molecule has 0 radical (unpaired) electrons. The maximum Gasteiger partial charge on any atom is 0.315 e. The van der Waals surface area contributed by atoms with Crippen molar-refractivity contribution in [3.8, 4) is 0 Å². The van der Waals surface area contributed by atoms with Crippen molar-refractivity contribution >= 4 is 34.9 Å². The van der Waals surface area contributed by atoms with Gasteiger partial charge in [0.15, 0.2) is 0 Å². The number of carbonyl (C=O) groups is 2. The Balaban J connectivity index is 1.98. The molecule has 0 unspecified atom stereocenters. The van der Waals surface area contributed by atoms with E-state index in [1.54, 1.807) is 42.6 Å². The Morgan fingerprint density at radius 1 is 1.10 bits per heavy atom. The summed E-state index contributed by atoms with van der Waals surface area (Å²) in [6.45, 7) is 1.88. The lowest BCUT2D eigenvalue weighted by Crippen LogP contribution is -2.29. The summed E-state index contributed by atoms with van der Waals surface area (Å²) in [5.74, 6) is -1.25. The van der Waals surface area contributed by atoms with Gasteiger partial charge < -0.3 is 10.6 Å². The zero-order chi connectivity index (χ0) is 14.5. The largest absolute Gasteiger partial charge is 0.318 e. The smallest absolute Gasteiger partial charge is 0.315 e. The normalized spacial score (nSPS) is 9.90. The molecule has 0 aliphatic rings. The van der Waals surface area contributed by atoms with Gasteiger partial charge in [-0.15, -0.1) is 0 Å². The van der Waals surface area contributed by atoms with Crippen LogP contribution in [0.15, 0.2) is 42.6 Å². The predicted molar refractivity (Wildman–Crippen MR) is 77.7 cm³/mol. The summed E-state index contributed by atoms with van der Waals surface area (Å²) < 4.78 is 0. The highest BCUT2D eigenvalue weighted by molar-refractivity contribution is 6.43. The number of nitrogens with zero attached hydrogens (tertiary/aromatic N) is 1. The zero-order valence-corrected chi connectivity index (χ0v) is 11.4. The predicted octanol–water partition coefficient (Wildman–Crippen LogP) is 2.62. The van der Waals surface area contributed by atoms with E-state index < -0.39 is 11.8 Å². The number of amides is 2. The van der Waals surface area contributed by atoms with E-state index in [-0.39, 0.29) is 0 Å². The number of pyridine rings is 1. The van der Waals surface area contributed by atoms with Crippen molar-refractivity contribution in [3.05, 3.63) is 53.2 Å². The molecule has 2 N–H and O–H groups in total. The molecule has 1 aromatic heterocycles. The molecule has 0 saturated heterocycles. The SMILES string of the molecule is Cc1ccc(NC(=O)C(=O)Nc2cccc(Cl)c2)nc1. The Morgan fingerprint density at radius 2 is 1.85 bits per heavy atom. The standard InChI is InChI=1S/C14H12ClN3O2/c1-9-5-6-12(16-8-9)18-14(20)13(19)17-11-4-2-3-10(15)7-11/h2-8H,1H3,(H,17,19)(H,16,18,20). The minimum Gasteiger partial charge on any atom is -0.318 e. The Hall–Kier alpha value is -2.40. The van der Waals surface area contributed by atoms with Gasteiger partial charge in [0.1, 0.15) is 5.82 Å². The first-order valence-electron chi connectivity index (χ1n) is 5.85. The molecule has 102 valence electrons. The van der Waals surface area contributed by atoms with Crippen LogP contribution in [0.3, 0.4) is 0 Å². The summed E-state index contributed by atoms with van der Waals surface area (Å²) in [5, 5.41) is 5.34. The Morgan fingerprint density at radius 3 is 2.50 bits per heavy atom. The average Bonchev–Trinajstić information content (AvgIpc) is 2.41. The van der Waals surface area contributed by atoms with Gasteiger partial charge in [0, 0.05) is 16.9 Å². The zero-order valence-electron chi connectivity index (χ0n) is 10.7. The second kappa shape index (κ2) is 6.16. The fraction of sp³-hybridized carbons (Fsp3) is 0.0714. The highest BCUT2D eigenvalue weighted by atomic mass is 35.5. The molecule has 0 bridgehead atoms. The summed E-state index contributed by atoms with van der Waals surface area (Å²) in [6.07, 6.45) is 1.60. The fourth-order valence-corrected chi connectivity index (χ4v) is 1.66. The number of nitrogens with one attached hydrogen (secondary N) is 2. The van der Waals surface area contributed by atoms with Gasteiger partial charge in [-0.05, 0) is 36.8 Å². The number of carbonyl (C=O) groups excluding carboxylic acids is 2. The summed E-state index contributed by atoms with van der Waals surface area (Å²) >= 11 is 5.79. The maximum atomic E-state index is 11.7. The summed E-state index contributed by atoms with van der Waals surface area (Å²) in [6, 6.07) is 9.96. The van der Waals surface area contributed by atoms with Gasteiger partial charge in [-0.25, -0.2) is 4.98 Å². The molecule has 2 rings (SSSR count). The molecular formula is C14H12ClN3O2. The van der Waals surface area contributed by atoms with Crippen molar-refractivity contribution in [1.82, 2.24) is 4.98 Å². The topological polar surface area (TPSA) is 71.1 Å². The summed E-state index contributed by atoms with van der Waals surface area (Å²) in [7, 11) is 0. The molecule has 2 amide bonds. The number of hydrogen-bond donors (Lipinski definition) is 2. The minimum absolute atomic E-state index is 0.321. The molecule has 5 nitrogen and oxygen atoms in total. The van der Waals surface area contributed by atoms with Gasteiger partial charge in [0.05, 0.1) is 0 Å². The third-order valence-electron chi connectivity index (χ3n) is 2.44. The van der Waals surface area contributed by atoms with Crippen molar-refractivity contribution in [1.29, 1.82) is 0 Å². The lowest BCUT2D eigenvalue weighted by molar-refractivity contribution is -0.133. The molecule has 0 fully saturated rings. The fourth-order valence-electron chi connectivity index (χ4n) is 1.47. The van der Waals surface area contributed by atoms with Crippen LogP contribution in [0.5, 0.6) is 0 Å². The van der Waals surface area contributed by atoms with Crippen molar-refractivity contribution in [3.63, 3.8) is 0 Å². The third kappa shape index (κ3) is 3.80.